The van der Waals surface area contributed by atoms with Gasteiger partial charge in [0.2, 0.25) is 0 Å². The van der Waals surface area contributed by atoms with Crippen LogP contribution in [0.25, 0.3) is 0 Å². The molecule has 0 aromatic rings. The summed E-state index contributed by atoms with van der Waals surface area (Å²) in [6.07, 6.45) is -2.69. The number of hydrogen-bond donors (Lipinski definition) is 1. The molecule has 0 amide bonds. The van der Waals surface area contributed by atoms with Crippen LogP contribution < -0.4 is 5.73 Å². The Morgan fingerprint density at radius 3 is 2.39 bits per heavy atom. The number of hydrogen-bond acceptors (Lipinski definition) is 3. The molecule has 0 saturated carbocycles. The van der Waals surface area contributed by atoms with Crippen molar-refractivity contribution in [3.63, 3.8) is 0 Å². The fourth-order valence-corrected chi connectivity index (χ4v) is 2.89. The first-order valence-electron chi connectivity index (χ1n) is 6.52. The van der Waals surface area contributed by atoms with Crippen molar-refractivity contribution in [3.05, 3.63) is 0 Å². The molecule has 0 aromatic heterocycles. The minimum absolute atomic E-state index is 0.0366. The van der Waals surface area contributed by atoms with E-state index < -0.39 is 12.1 Å². The van der Waals surface area contributed by atoms with E-state index in [2.05, 4.69) is 4.90 Å². The van der Waals surface area contributed by atoms with Crippen LogP contribution in [0, 0.1) is 11.3 Å². The highest BCUT2D eigenvalue weighted by molar-refractivity contribution is 4.89. The van der Waals surface area contributed by atoms with Gasteiger partial charge in [-0.25, -0.2) is 0 Å². The van der Waals surface area contributed by atoms with Crippen LogP contribution in [-0.4, -0.2) is 50.5 Å². The van der Waals surface area contributed by atoms with Crippen molar-refractivity contribution in [2.45, 2.75) is 25.4 Å². The fourth-order valence-electron chi connectivity index (χ4n) is 2.89. The molecule has 2 N–H and O–H groups in total. The number of piperidine rings is 1. The van der Waals surface area contributed by atoms with Gasteiger partial charge in [-0.05, 0) is 32.4 Å². The van der Waals surface area contributed by atoms with Gasteiger partial charge in [0.25, 0.3) is 0 Å². The number of rotatable bonds is 3. The standard InChI is InChI=1S/C12H21F3N2O/c13-12(14,15)10-1-4-17(5-2-10)8-11(7-16)3-6-18-9-11/h10H,1-9,16H2. The third kappa shape index (κ3) is 3.16. The molecule has 2 aliphatic heterocycles. The van der Waals surface area contributed by atoms with E-state index in [1.54, 1.807) is 0 Å². The monoisotopic (exact) mass is 266 g/mol. The van der Waals surface area contributed by atoms with Crippen molar-refractivity contribution in [1.29, 1.82) is 0 Å². The molecule has 0 aliphatic carbocycles. The molecule has 18 heavy (non-hydrogen) atoms. The average molecular weight is 266 g/mol. The maximum atomic E-state index is 12.6. The van der Waals surface area contributed by atoms with E-state index in [4.69, 9.17) is 10.5 Å². The molecular weight excluding hydrogens is 245 g/mol. The van der Waals surface area contributed by atoms with Crippen LogP contribution in [0.4, 0.5) is 13.2 Å². The number of alkyl halides is 3. The number of nitrogens with two attached hydrogens (primary N) is 1. The molecule has 2 rings (SSSR count). The van der Waals surface area contributed by atoms with Crippen LogP contribution in [-0.2, 0) is 4.74 Å². The minimum atomic E-state index is -4.03. The molecule has 0 bridgehead atoms. The molecule has 6 heteroatoms. The zero-order valence-corrected chi connectivity index (χ0v) is 10.5. The van der Waals surface area contributed by atoms with Gasteiger partial charge in [0.05, 0.1) is 12.5 Å². The Kier molecular flexibility index (Phi) is 4.18. The summed E-state index contributed by atoms with van der Waals surface area (Å²) >= 11 is 0. The molecule has 2 fully saturated rings. The highest BCUT2D eigenvalue weighted by Crippen LogP contribution is 2.36. The van der Waals surface area contributed by atoms with Crippen molar-refractivity contribution in [2.24, 2.45) is 17.1 Å². The predicted molar refractivity (Wildman–Crippen MR) is 62.1 cm³/mol. The van der Waals surface area contributed by atoms with Gasteiger partial charge < -0.3 is 15.4 Å². The van der Waals surface area contributed by atoms with E-state index in [0.717, 1.165) is 19.6 Å². The Balaban J connectivity index is 1.83. The highest BCUT2D eigenvalue weighted by atomic mass is 19.4. The fraction of sp³-hybridized carbons (Fsp3) is 1.00. The maximum Gasteiger partial charge on any atom is 0.391 e. The van der Waals surface area contributed by atoms with E-state index in [1.165, 1.54) is 0 Å². The van der Waals surface area contributed by atoms with Crippen molar-refractivity contribution in [1.82, 2.24) is 4.90 Å². The number of halogens is 3. The van der Waals surface area contributed by atoms with Crippen LogP contribution in [0.2, 0.25) is 0 Å². The van der Waals surface area contributed by atoms with Gasteiger partial charge in [-0.2, -0.15) is 13.2 Å². The summed E-state index contributed by atoms with van der Waals surface area (Å²) < 4.78 is 43.1. The Morgan fingerprint density at radius 1 is 1.28 bits per heavy atom. The minimum Gasteiger partial charge on any atom is -0.381 e. The first kappa shape index (κ1) is 14.1. The van der Waals surface area contributed by atoms with Gasteiger partial charge in [-0.3, -0.25) is 0 Å². The van der Waals surface area contributed by atoms with E-state index in [0.29, 0.717) is 26.2 Å². The quantitative estimate of drug-likeness (QED) is 0.843. The lowest BCUT2D eigenvalue weighted by Crippen LogP contribution is -2.47. The summed E-state index contributed by atoms with van der Waals surface area (Å²) in [7, 11) is 0. The summed E-state index contributed by atoms with van der Waals surface area (Å²) in [6.45, 7) is 3.72. The molecule has 1 unspecified atom stereocenters. The van der Waals surface area contributed by atoms with E-state index in [-0.39, 0.29) is 18.3 Å². The molecule has 1 atom stereocenters. The second kappa shape index (κ2) is 5.35. The molecule has 0 radical (unpaired) electrons. The normalized spacial score (nSPS) is 32.0. The van der Waals surface area contributed by atoms with E-state index >= 15 is 0 Å². The van der Waals surface area contributed by atoms with Crippen molar-refractivity contribution >= 4 is 0 Å². The third-order valence-corrected chi connectivity index (χ3v) is 4.23. The Labute approximate surface area is 105 Å². The smallest absolute Gasteiger partial charge is 0.381 e. The Hall–Kier alpha value is -0.330. The van der Waals surface area contributed by atoms with Gasteiger partial charge in [0.1, 0.15) is 0 Å². The van der Waals surface area contributed by atoms with Gasteiger partial charge >= 0.3 is 6.18 Å². The van der Waals surface area contributed by atoms with Crippen LogP contribution >= 0.6 is 0 Å². The van der Waals surface area contributed by atoms with Crippen LogP contribution in [0.1, 0.15) is 19.3 Å². The van der Waals surface area contributed by atoms with Crippen LogP contribution in [0.3, 0.4) is 0 Å². The second-order valence-corrected chi connectivity index (χ2v) is 5.60. The highest BCUT2D eigenvalue weighted by Gasteiger charge is 2.42. The second-order valence-electron chi connectivity index (χ2n) is 5.60. The van der Waals surface area contributed by atoms with Gasteiger partial charge in [0.15, 0.2) is 0 Å². The van der Waals surface area contributed by atoms with Gasteiger partial charge in [-0.15, -0.1) is 0 Å². The largest absolute Gasteiger partial charge is 0.391 e. The van der Waals surface area contributed by atoms with Crippen LogP contribution in [0.5, 0.6) is 0 Å². The Bertz CT molecular complexity index is 269. The molecule has 0 aromatic carbocycles. The molecule has 2 heterocycles. The van der Waals surface area contributed by atoms with E-state index in [9.17, 15) is 13.2 Å². The summed E-state index contributed by atoms with van der Waals surface area (Å²) in [5, 5.41) is 0. The Morgan fingerprint density at radius 2 is 1.94 bits per heavy atom. The zero-order chi connectivity index (χ0) is 13.2. The SMILES string of the molecule is NCC1(CN2CCC(C(F)(F)F)CC2)CCOC1. The van der Waals surface area contributed by atoms with Crippen LogP contribution in [0.15, 0.2) is 0 Å². The van der Waals surface area contributed by atoms with Gasteiger partial charge in [0, 0.05) is 25.1 Å². The molecule has 106 valence electrons. The average Bonchev–Trinajstić information content (AvgIpc) is 2.78. The topological polar surface area (TPSA) is 38.5 Å². The summed E-state index contributed by atoms with van der Waals surface area (Å²) in [5.41, 5.74) is 5.76. The number of likely N-dealkylation sites (tertiary alicyclic amines) is 1. The number of nitrogens with zero attached hydrogens (tertiary/aromatic N) is 1. The first-order chi connectivity index (χ1) is 8.45. The lowest BCUT2D eigenvalue weighted by Gasteiger charge is -2.38. The van der Waals surface area contributed by atoms with Crippen molar-refractivity contribution < 1.29 is 17.9 Å². The summed E-state index contributed by atoms with van der Waals surface area (Å²) in [6, 6.07) is 0. The van der Waals surface area contributed by atoms with Gasteiger partial charge in [-0.1, -0.05) is 0 Å². The molecule has 2 saturated heterocycles. The molecule has 2 aliphatic rings. The summed E-state index contributed by atoms with van der Waals surface area (Å²) in [4.78, 5) is 2.11. The zero-order valence-electron chi connectivity index (χ0n) is 10.5. The molecule has 0 spiro atoms. The number of ether oxygens (including phenoxy) is 1. The van der Waals surface area contributed by atoms with E-state index in [1.807, 2.05) is 0 Å². The lowest BCUT2D eigenvalue weighted by atomic mass is 9.85. The lowest BCUT2D eigenvalue weighted by molar-refractivity contribution is -0.185. The maximum absolute atomic E-state index is 12.6. The summed E-state index contributed by atoms with van der Waals surface area (Å²) in [5.74, 6) is -1.12. The molecular formula is C12H21F3N2O. The first-order valence-corrected chi connectivity index (χ1v) is 6.52. The predicted octanol–water partition coefficient (Wildman–Crippen LogP) is 1.63. The third-order valence-electron chi connectivity index (χ3n) is 4.23. The van der Waals surface area contributed by atoms with Crippen molar-refractivity contribution in [3.8, 4) is 0 Å². The van der Waals surface area contributed by atoms with Crippen molar-refractivity contribution in [2.75, 3.05) is 39.4 Å². The molecule has 3 nitrogen and oxygen atoms in total.